The minimum absolute atomic E-state index is 0.241. The molecule has 2 aromatic carbocycles. The number of aryl methyl sites for hydroxylation is 2. The number of nitrogens with one attached hydrogen (secondary N) is 2. The molecule has 144 valence electrons. The number of amides is 1. The average Bonchev–Trinajstić information content (AvgIpc) is 2.69. The van der Waals surface area contributed by atoms with E-state index in [4.69, 9.17) is 0 Å². The lowest BCUT2D eigenvalue weighted by Gasteiger charge is -2.12. The van der Waals surface area contributed by atoms with Crippen molar-refractivity contribution in [3.8, 4) is 0 Å². The van der Waals surface area contributed by atoms with Crippen LogP contribution in [0, 0.1) is 13.8 Å². The summed E-state index contributed by atoms with van der Waals surface area (Å²) in [6.07, 6.45) is 3.36. The van der Waals surface area contributed by atoms with Crippen molar-refractivity contribution in [3.63, 3.8) is 0 Å². The number of benzene rings is 2. The topological polar surface area (TPSA) is 88.2 Å². The van der Waals surface area contributed by atoms with Crippen LogP contribution < -0.4 is 10.0 Å². The number of hydrogen-bond donors (Lipinski definition) is 2. The summed E-state index contributed by atoms with van der Waals surface area (Å²) in [5.74, 6) is -0.243. The lowest BCUT2D eigenvalue weighted by molar-refractivity contribution is 0.0951. The molecule has 0 aliphatic carbocycles. The first kappa shape index (κ1) is 19.6. The van der Waals surface area contributed by atoms with Gasteiger partial charge in [0.15, 0.2) is 0 Å². The summed E-state index contributed by atoms with van der Waals surface area (Å²) in [5, 5.41) is 2.80. The Bertz CT molecular complexity index is 1080. The van der Waals surface area contributed by atoms with Gasteiger partial charge >= 0.3 is 0 Å². The minimum Gasteiger partial charge on any atom is -0.348 e. The third-order valence-corrected chi connectivity index (χ3v) is 5.73. The molecule has 3 rings (SSSR count). The number of nitrogens with zero attached hydrogens (tertiary/aromatic N) is 1. The first-order chi connectivity index (χ1) is 13.3. The van der Waals surface area contributed by atoms with Gasteiger partial charge in [0.1, 0.15) is 0 Å². The van der Waals surface area contributed by atoms with E-state index in [0.29, 0.717) is 23.4 Å². The lowest BCUT2D eigenvalue weighted by atomic mass is 10.2. The molecule has 1 amide bonds. The monoisotopic (exact) mass is 395 g/mol. The maximum Gasteiger partial charge on any atom is 0.262 e. The van der Waals surface area contributed by atoms with E-state index < -0.39 is 10.0 Å². The predicted molar refractivity (Wildman–Crippen MR) is 109 cm³/mol. The van der Waals surface area contributed by atoms with Gasteiger partial charge in [-0.15, -0.1) is 0 Å². The Kier molecular flexibility index (Phi) is 5.75. The highest BCUT2D eigenvalue weighted by Crippen LogP contribution is 2.21. The van der Waals surface area contributed by atoms with Crippen molar-refractivity contribution in [1.82, 2.24) is 10.3 Å². The second kappa shape index (κ2) is 8.22. The van der Waals surface area contributed by atoms with Crippen LogP contribution in [0.4, 0.5) is 5.69 Å². The van der Waals surface area contributed by atoms with E-state index in [0.717, 1.165) is 11.1 Å². The smallest absolute Gasteiger partial charge is 0.262 e. The van der Waals surface area contributed by atoms with Crippen LogP contribution >= 0.6 is 0 Å². The second-order valence-corrected chi connectivity index (χ2v) is 8.15. The van der Waals surface area contributed by atoms with Gasteiger partial charge < -0.3 is 5.32 Å². The number of pyridine rings is 1. The van der Waals surface area contributed by atoms with Gasteiger partial charge in [-0.1, -0.05) is 18.2 Å². The summed E-state index contributed by atoms with van der Waals surface area (Å²) in [6.45, 7) is 3.97. The molecule has 6 nitrogen and oxygen atoms in total. The van der Waals surface area contributed by atoms with Gasteiger partial charge in [-0.3, -0.25) is 14.5 Å². The molecule has 0 bridgehead atoms. The summed E-state index contributed by atoms with van der Waals surface area (Å²) < 4.78 is 27.9. The van der Waals surface area contributed by atoms with E-state index in [-0.39, 0.29) is 10.8 Å². The number of carbonyl (C=O) groups excluding carboxylic acids is 1. The third kappa shape index (κ3) is 4.75. The Labute approximate surface area is 164 Å². The van der Waals surface area contributed by atoms with Crippen LogP contribution in [0.5, 0.6) is 0 Å². The first-order valence-corrected chi connectivity index (χ1v) is 10.2. The van der Waals surface area contributed by atoms with Gasteiger partial charge in [0, 0.05) is 30.2 Å². The first-order valence-electron chi connectivity index (χ1n) is 8.72. The van der Waals surface area contributed by atoms with E-state index >= 15 is 0 Å². The second-order valence-electron chi connectivity index (χ2n) is 6.50. The molecule has 1 heterocycles. The van der Waals surface area contributed by atoms with Gasteiger partial charge in [-0.2, -0.15) is 0 Å². The SMILES string of the molecule is Cc1ccc(C)c(S(=O)(=O)Nc2ccc(C(=O)NCc3cccnc3)cc2)c1. The maximum atomic E-state index is 12.7. The van der Waals surface area contributed by atoms with E-state index in [2.05, 4.69) is 15.0 Å². The summed E-state index contributed by atoms with van der Waals surface area (Å²) in [5.41, 5.74) is 3.27. The molecule has 0 radical (unpaired) electrons. The van der Waals surface area contributed by atoms with Crippen LogP contribution in [0.2, 0.25) is 0 Å². The van der Waals surface area contributed by atoms with Gasteiger partial charge in [0.05, 0.1) is 4.90 Å². The van der Waals surface area contributed by atoms with Crippen LogP contribution in [-0.2, 0) is 16.6 Å². The number of carbonyl (C=O) groups is 1. The third-order valence-electron chi connectivity index (χ3n) is 4.21. The molecule has 0 spiro atoms. The zero-order valence-corrected chi connectivity index (χ0v) is 16.5. The van der Waals surface area contributed by atoms with Gasteiger partial charge in [-0.25, -0.2) is 8.42 Å². The molecule has 0 saturated carbocycles. The van der Waals surface area contributed by atoms with Crippen molar-refractivity contribution in [2.24, 2.45) is 0 Å². The van der Waals surface area contributed by atoms with Gasteiger partial charge in [0.25, 0.3) is 15.9 Å². The van der Waals surface area contributed by atoms with Crippen LogP contribution in [0.3, 0.4) is 0 Å². The Morgan fingerprint density at radius 3 is 2.46 bits per heavy atom. The molecule has 1 aromatic heterocycles. The van der Waals surface area contributed by atoms with Crippen molar-refractivity contribution in [2.45, 2.75) is 25.3 Å². The number of hydrogen-bond acceptors (Lipinski definition) is 4. The van der Waals surface area contributed by atoms with Crippen LogP contribution in [0.1, 0.15) is 27.0 Å². The van der Waals surface area contributed by atoms with Crippen molar-refractivity contribution >= 4 is 21.6 Å². The van der Waals surface area contributed by atoms with Crippen molar-refractivity contribution in [3.05, 3.63) is 89.2 Å². The molecule has 0 unspecified atom stereocenters. The molecule has 28 heavy (non-hydrogen) atoms. The molecule has 0 atom stereocenters. The molecule has 3 aromatic rings. The summed E-state index contributed by atoms with van der Waals surface area (Å²) in [7, 11) is -3.70. The Morgan fingerprint density at radius 1 is 1.04 bits per heavy atom. The van der Waals surface area contributed by atoms with Gasteiger partial charge in [0.2, 0.25) is 0 Å². The largest absolute Gasteiger partial charge is 0.348 e. The average molecular weight is 395 g/mol. The van der Waals surface area contributed by atoms with E-state index in [1.807, 2.05) is 19.1 Å². The van der Waals surface area contributed by atoms with Crippen molar-refractivity contribution in [1.29, 1.82) is 0 Å². The fourth-order valence-electron chi connectivity index (χ4n) is 2.68. The van der Waals surface area contributed by atoms with Crippen molar-refractivity contribution in [2.75, 3.05) is 4.72 Å². The molecule has 0 fully saturated rings. The molecule has 2 N–H and O–H groups in total. The molecule has 0 saturated heterocycles. The molecular formula is C21H21N3O3S. The molecular weight excluding hydrogens is 374 g/mol. The number of aromatic nitrogens is 1. The number of sulfonamides is 1. The lowest BCUT2D eigenvalue weighted by Crippen LogP contribution is -2.22. The zero-order valence-electron chi connectivity index (χ0n) is 15.6. The van der Waals surface area contributed by atoms with Crippen LogP contribution in [0.15, 0.2) is 71.9 Å². The molecule has 0 aliphatic heterocycles. The zero-order chi connectivity index (χ0) is 20.1. The minimum atomic E-state index is -3.70. The van der Waals surface area contributed by atoms with E-state index in [9.17, 15) is 13.2 Å². The highest BCUT2D eigenvalue weighted by molar-refractivity contribution is 7.92. The number of anilines is 1. The molecule has 7 heteroatoms. The maximum absolute atomic E-state index is 12.7. The number of rotatable bonds is 6. The standard InChI is InChI=1S/C21H21N3O3S/c1-15-5-6-16(2)20(12-15)28(26,27)24-19-9-7-18(8-10-19)21(25)23-14-17-4-3-11-22-13-17/h3-13,24H,14H2,1-2H3,(H,23,25). The fourth-order valence-corrected chi connectivity index (χ4v) is 4.07. The van der Waals surface area contributed by atoms with Crippen LogP contribution in [-0.4, -0.2) is 19.3 Å². The quantitative estimate of drug-likeness (QED) is 0.669. The Balaban J connectivity index is 1.68. The molecule has 0 aliphatic rings. The van der Waals surface area contributed by atoms with E-state index in [1.54, 1.807) is 61.8 Å². The summed E-state index contributed by atoms with van der Waals surface area (Å²) >= 11 is 0. The van der Waals surface area contributed by atoms with Gasteiger partial charge in [-0.05, 0) is 66.9 Å². The summed E-state index contributed by atoms with van der Waals surface area (Å²) in [6, 6.07) is 15.3. The normalized spacial score (nSPS) is 11.1. The fraction of sp³-hybridized carbons (Fsp3) is 0.143. The Hall–Kier alpha value is -3.19. The Morgan fingerprint density at radius 2 is 1.79 bits per heavy atom. The predicted octanol–water partition coefficient (Wildman–Crippen LogP) is 3.43. The summed E-state index contributed by atoms with van der Waals surface area (Å²) in [4.78, 5) is 16.5. The van der Waals surface area contributed by atoms with E-state index in [1.165, 1.54) is 0 Å². The van der Waals surface area contributed by atoms with Crippen molar-refractivity contribution < 1.29 is 13.2 Å². The van der Waals surface area contributed by atoms with Crippen LogP contribution in [0.25, 0.3) is 0 Å². The highest BCUT2D eigenvalue weighted by Gasteiger charge is 2.17. The highest BCUT2D eigenvalue weighted by atomic mass is 32.2.